The van der Waals surface area contributed by atoms with Crippen LogP contribution in [0.5, 0.6) is 0 Å². The van der Waals surface area contributed by atoms with Crippen molar-refractivity contribution in [3.63, 3.8) is 0 Å². The molecule has 0 radical (unpaired) electrons. The number of benzene rings is 2. The van der Waals surface area contributed by atoms with Crippen LogP contribution in [0.4, 0.5) is 0 Å². The molecule has 0 bridgehead atoms. The van der Waals surface area contributed by atoms with Gasteiger partial charge in [0.2, 0.25) is 0 Å². The van der Waals surface area contributed by atoms with Crippen molar-refractivity contribution < 1.29 is 9.53 Å². The van der Waals surface area contributed by atoms with Crippen LogP contribution in [-0.2, 0) is 14.9 Å². The molecule has 180 valence electrons. The minimum Gasteiger partial charge on any atom is -0.462 e. The molecular formula is C31H44O2. The van der Waals surface area contributed by atoms with Crippen LogP contribution in [0, 0.1) is 11.8 Å². The number of esters is 1. The van der Waals surface area contributed by atoms with E-state index in [0.29, 0.717) is 12.5 Å². The highest BCUT2D eigenvalue weighted by molar-refractivity contribution is 5.81. The molecule has 0 saturated heterocycles. The maximum Gasteiger partial charge on any atom is 0.330 e. The van der Waals surface area contributed by atoms with Gasteiger partial charge < -0.3 is 4.74 Å². The van der Waals surface area contributed by atoms with Crippen molar-refractivity contribution in [2.75, 3.05) is 6.61 Å². The minimum atomic E-state index is -0.332. The van der Waals surface area contributed by atoms with E-state index in [1.165, 1.54) is 49.3 Å². The molecule has 0 amide bonds. The van der Waals surface area contributed by atoms with Gasteiger partial charge in [0, 0.05) is 17.4 Å². The van der Waals surface area contributed by atoms with E-state index in [-0.39, 0.29) is 17.3 Å². The third-order valence-corrected chi connectivity index (χ3v) is 6.89. The van der Waals surface area contributed by atoms with E-state index in [9.17, 15) is 4.79 Å². The van der Waals surface area contributed by atoms with E-state index >= 15 is 0 Å². The summed E-state index contributed by atoms with van der Waals surface area (Å²) in [5.74, 6) is 0.472. The van der Waals surface area contributed by atoms with E-state index in [1.54, 1.807) is 0 Å². The number of hydrogen-bond acceptors (Lipinski definition) is 2. The highest BCUT2D eigenvalue weighted by Gasteiger charge is 2.42. The third-order valence-electron chi connectivity index (χ3n) is 6.89. The van der Waals surface area contributed by atoms with Crippen molar-refractivity contribution in [1.82, 2.24) is 0 Å². The molecule has 0 aliphatic heterocycles. The molecule has 0 N–H and O–H groups in total. The fourth-order valence-corrected chi connectivity index (χ4v) is 5.00. The SMILES string of the molecule is C=CC(=O)OCC(CCCCCCCC)C(CCC(C)C)(c1ccccc1)c1ccccc1. The number of rotatable bonds is 16. The minimum absolute atomic E-state index is 0.197. The quantitative estimate of drug-likeness (QED) is 0.146. The molecule has 1 atom stereocenters. The Morgan fingerprint density at radius 1 is 0.879 bits per heavy atom. The molecule has 33 heavy (non-hydrogen) atoms. The summed E-state index contributed by atoms with van der Waals surface area (Å²) in [7, 11) is 0. The van der Waals surface area contributed by atoms with E-state index < -0.39 is 0 Å². The Balaban J connectivity index is 2.46. The van der Waals surface area contributed by atoms with Gasteiger partial charge in [-0.15, -0.1) is 0 Å². The maximum atomic E-state index is 12.1. The summed E-state index contributed by atoms with van der Waals surface area (Å²) in [5.41, 5.74) is 2.45. The van der Waals surface area contributed by atoms with Crippen LogP contribution >= 0.6 is 0 Å². The number of hydrogen-bond donors (Lipinski definition) is 0. The molecule has 0 spiro atoms. The van der Waals surface area contributed by atoms with Gasteiger partial charge in [-0.3, -0.25) is 0 Å². The summed E-state index contributed by atoms with van der Waals surface area (Å²) >= 11 is 0. The second kappa shape index (κ2) is 14.7. The molecule has 2 aromatic carbocycles. The van der Waals surface area contributed by atoms with Gasteiger partial charge in [0.25, 0.3) is 0 Å². The molecular weight excluding hydrogens is 404 g/mol. The molecule has 0 aromatic heterocycles. The topological polar surface area (TPSA) is 26.3 Å². The van der Waals surface area contributed by atoms with E-state index in [4.69, 9.17) is 4.74 Å². The number of unbranched alkanes of at least 4 members (excludes halogenated alkanes) is 5. The molecule has 0 fully saturated rings. The molecule has 1 unspecified atom stereocenters. The van der Waals surface area contributed by atoms with Crippen molar-refractivity contribution in [1.29, 1.82) is 0 Å². The summed E-state index contributed by atoms with van der Waals surface area (Å²) in [6, 6.07) is 21.8. The van der Waals surface area contributed by atoms with Crippen molar-refractivity contribution in [2.45, 2.75) is 84.0 Å². The van der Waals surface area contributed by atoms with Crippen molar-refractivity contribution in [2.24, 2.45) is 11.8 Å². The van der Waals surface area contributed by atoms with Gasteiger partial charge in [-0.1, -0.05) is 127 Å². The van der Waals surface area contributed by atoms with E-state index in [2.05, 4.69) is 88.0 Å². The first-order valence-corrected chi connectivity index (χ1v) is 12.9. The van der Waals surface area contributed by atoms with Crippen LogP contribution in [0.2, 0.25) is 0 Å². The Kier molecular flexibility index (Phi) is 12.0. The third kappa shape index (κ3) is 8.18. The van der Waals surface area contributed by atoms with Crippen LogP contribution in [-0.4, -0.2) is 12.6 Å². The predicted octanol–water partition coefficient (Wildman–Crippen LogP) is 8.50. The molecule has 2 rings (SSSR count). The van der Waals surface area contributed by atoms with Gasteiger partial charge >= 0.3 is 5.97 Å². The van der Waals surface area contributed by atoms with Crippen molar-refractivity contribution in [3.8, 4) is 0 Å². The van der Waals surface area contributed by atoms with Crippen molar-refractivity contribution in [3.05, 3.63) is 84.4 Å². The molecule has 2 nitrogen and oxygen atoms in total. The Morgan fingerprint density at radius 2 is 1.42 bits per heavy atom. The lowest BCUT2D eigenvalue weighted by molar-refractivity contribution is -0.139. The number of ether oxygens (including phenoxy) is 1. The average Bonchev–Trinajstić information content (AvgIpc) is 2.85. The summed E-state index contributed by atoms with van der Waals surface area (Å²) in [4.78, 5) is 12.1. The summed E-state index contributed by atoms with van der Waals surface area (Å²) < 4.78 is 5.75. The molecule has 0 saturated carbocycles. The first-order valence-electron chi connectivity index (χ1n) is 12.9. The zero-order valence-corrected chi connectivity index (χ0v) is 21.1. The number of carbonyl (C=O) groups is 1. The fourth-order valence-electron chi connectivity index (χ4n) is 5.00. The van der Waals surface area contributed by atoms with Gasteiger partial charge in [0.15, 0.2) is 0 Å². The Labute approximate surface area is 202 Å². The van der Waals surface area contributed by atoms with Crippen LogP contribution in [0.15, 0.2) is 73.3 Å². The zero-order chi connectivity index (χ0) is 23.9. The van der Waals surface area contributed by atoms with Crippen LogP contribution in [0.1, 0.15) is 89.7 Å². The molecule has 2 heteroatoms. The van der Waals surface area contributed by atoms with E-state index in [0.717, 1.165) is 25.7 Å². The maximum absolute atomic E-state index is 12.1. The van der Waals surface area contributed by atoms with Crippen molar-refractivity contribution >= 4 is 5.97 Å². The normalized spacial score (nSPS) is 12.5. The Bertz CT molecular complexity index is 755. The van der Waals surface area contributed by atoms with Gasteiger partial charge in [-0.2, -0.15) is 0 Å². The summed E-state index contributed by atoms with van der Waals surface area (Å²) in [6.07, 6.45) is 12.0. The average molecular weight is 449 g/mol. The predicted molar refractivity (Wildman–Crippen MR) is 140 cm³/mol. The number of carbonyl (C=O) groups excluding carboxylic acids is 1. The highest BCUT2D eigenvalue weighted by Crippen LogP contribution is 2.46. The highest BCUT2D eigenvalue weighted by atomic mass is 16.5. The lowest BCUT2D eigenvalue weighted by atomic mass is 9.61. The first-order chi connectivity index (χ1) is 16.0. The van der Waals surface area contributed by atoms with Gasteiger partial charge in [-0.05, 0) is 36.3 Å². The largest absolute Gasteiger partial charge is 0.462 e. The lowest BCUT2D eigenvalue weighted by Gasteiger charge is -2.43. The Hall–Kier alpha value is -2.35. The monoisotopic (exact) mass is 448 g/mol. The molecule has 2 aromatic rings. The van der Waals surface area contributed by atoms with E-state index in [1.807, 2.05) is 0 Å². The summed E-state index contributed by atoms with van der Waals surface area (Å²) in [6.45, 7) is 10.9. The van der Waals surface area contributed by atoms with Gasteiger partial charge in [0.1, 0.15) is 0 Å². The molecule has 0 heterocycles. The Morgan fingerprint density at radius 3 is 1.94 bits per heavy atom. The molecule has 0 aliphatic rings. The summed E-state index contributed by atoms with van der Waals surface area (Å²) in [5, 5.41) is 0. The smallest absolute Gasteiger partial charge is 0.330 e. The first kappa shape index (κ1) is 26.9. The second-order valence-electron chi connectivity index (χ2n) is 9.72. The fraction of sp³-hybridized carbons (Fsp3) is 0.516. The lowest BCUT2D eigenvalue weighted by Crippen LogP contribution is -2.40. The van der Waals surface area contributed by atoms with Gasteiger partial charge in [0.05, 0.1) is 6.61 Å². The standard InChI is InChI=1S/C31H44O2/c1-5-7-8-9-10-13-22-29(25-33-30(32)6-2)31(24-23-26(3)4,27-18-14-11-15-19-27)28-20-16-12-17-21-28/h6,11-12,14-21,26,29H,2,5,7-10,13,22-25H2,1,3-4H3. The second-order valence-corrected chi connectivity index (χ2v) is 9.72. The molecule has 0 aliphatic carbocycles. The van der Waals surface area contributed by atoms with Gasteiger partial charge in [-0.25, -0.2) is 4.79 Å². The zero-order valence-electron chi connectivity index (χ0n) is 21.1. The van der Waals surface area contributed by atoms with Crippen LogP contribution < -0.4 is 0 Å². The van der Waals surface area contributed by atoms with Crippen LogP contribution in [0.3, 0.4) is 0 Å². The van der Waals surface area contributed by atoms with Crippen LogP contribution in [0.25, 0.3) is 0 Å².